The number of rotatable bonds is 18. The van der Waals surface area contributed by atoms with E-state index in [-0.39, 0.29) is 12.4 Å². The van der Waals surface area contributed by atoms with Crippen molar-refractivity contribution in [2.24, 2.45) is 0 Å². The van der Waals surface area contributed by atoms with Gasteiger partial charge in [0.2, 0.25) is 0 Å². The maximum Gasteiger partial charge on any atom is 0.133 e. The lowest BCUT2D eigenvalue weighted by Gasteiger charge is -2.23. The first-order chi connectivity index (χ1) is 11.5. The second kappa shape index (κ2) is 18.7. The number of Topliss-reactive ketones (excluding diaryl/α,β-unsaturated/α-hetero) is 1. The van der Waals surface area contributed by atoms with Crippen LogP contribution in [0, 0.1) is 0 Å². The molecule has 0 aliphatic rings. The summed E-state index contributed by atoms with van der Waals surface area (Å²) in [4.78, 5) is 11.8. The molecule has 0 saturated carbocycles. The van der Waals surface area contributed by atoms with Crippen molar-refractivity contribution in [1.82, 2.24) is 0 Å². The smallest absolute Gasteiger partial charge is 0.133 e. The Bertz CT molecular complexity index is 286. The van der Waals surface area contributed by atoms with Crippen LogP contribution in [0.4, 0.5) is 0 Å². The van der Waals surface area contributed by atoms with Crippen LogP contribution in [0.15, 0.2) is 0 Å². The predicted molar refractivity (Wildman–Crippen MR) is 107 cm³/mol. The molecule has 3 heteroatoms. The zero-order chi connectivity index (χ0) is 18.1. The first kappa shape index (κ1) is 27.1. The molecule has 25 heavy (non-hydrogen) atoms. The Hall–Kier alpha value is -0.0800. The molecule has 0 bridgehead atoms. The van der Waals surface area contributed by atoms with Gasteiger partial charge in [-0.25, -0.2) is 0 Å². The lowest BCUT2D eigenvalue weighted by molar-refractivity contribution is -0.870. The SMILES string of the molecule is CCCCCCCCCCCCCCCC(=O)CCC[N+](C)(C)C.[Cl-]. The van der Waals surface area contributed by atoms with E-state index in [4.69, 9.17) is 0 Å². The average Bonchev–Trinajstić information content (AvgIpc) is 2.50. The van der Waals surface area contributed by atoms with Gasteiger partial charge in [0.25, 0.3) is 0 Å². The van der Waals surface area contributed by atoms with E-state index in [1.165, 1.54) is 77.0 Å². The molecule has 0 N–H and O–H groups in total. The van der Waals surface area contributed by atoms with Crippen molar-refractivity contribution in [3.05, 3.63) is 0 Å². The third-order valence-corrected chi connectivity index (χ3v) is 4.84. The van der Waals surface area contributed by atoms with Crippen LogP contribution >= 0.6 is 0 Å². The number of unbranched alkanes of at least 4 members (excludes halogenated alkanes) is 12. The zero-order valence-corrected chi connectivity index (χ0v) is 18.5. The molecule has 0 atom stereocenters. The van der Waals surface area contributed by atoms with Gasteiger partial charge >= 0.3 is 0 Å². The van der Waals surface area contributed by atoms with Crippen LogP contribution in [-0.2, 0) is 4.79 Å². The van der Waals surface area contributed by atoms with E-state index >= 15 is 0 Å². The molecule has 0 radical (unpaired) electrons. The highest BCUT2D eigenvalue weighted by Gasteiger charge is 2.08. The van der Waals surface area contributed by atoms with Crippen molar-refractivity contribution in [3.63, 3.8) is 0 Å². The molecule has 0 aromatic rings. The molecule has 0 fully saturated rings. The van der Waals surface area contributed by atoms with Crippen molar-refractivity contribution < 1.29 is 21.7 Å². The monoisotopic (exact) mass is 375 g/mol. The van der Waals surface area contributed by atoms with Crippen molar-refractivity contribution in [2.75, 3.05) is 27.7 Å². The van der Waals surface area contributed by atoms with E-state index in [9.17, 15) is 4.79 Å². The van der Waals surface area contributed by atoms with Gasteiger partial charge in [-0.15, -0.1) is 0 Å². The second-order valence-corrected chi connectivity index (χ2v) is 8.65. The van der Waals surface area contributed by atoms with Gasteiger partial charge in [0, 0.05) is 19.3 Å². The molecular weight excluding hydrogens is 330 g/mol. The minimum absolute atomic E-state index is 0. The maximum absolute atomic E-state index is 11.8. The first-order valence-electron chi connectivity index (χ1n) is 10.8. The minimum atomic E-state index is 0. The molecule has 0 unspecified atom stereocenters. The number of nitrogens with zero attached hydrogens (tertiary/aromatic N) is 1. The van der Waals surface area contributed by atoms with Gasteiger partial charge in [0.15, 0.2) is 0 Å². The van der Waals surface area contributed by atoms with Gasteiger partial charge in [-0.1, -0.05) is 84.0 Å². The molecule has 0 aromatic heterocycles. The van der Waals surface area contributed by atoms with Crippen LogP contribution < -0.4 is 12.4 Å². The summed E-state index contributed by atoms with van der Waals surface area (Å²) in [6.45, 7) is 3.38. The topological polar surface area (TPSA) is 17.1 Å². The largest absolute Gasteiger partial charge is 1.00 e. The number of quaternary nitrogens is 1. The second-order valence-electron chi connectivity index (χ2n) is 8.65. The Balaban J connectivity index is 0. The van der Waals surface area contributed by atoms with Crippen molar-refractivity contribution in [2.45, 2.75) is 110 Å². The molecule has 0 amide bonds. The number of hydrogen-bond acceptors (Lipinski definition) is 1. The van der Waals surface area contributed by atoms with E-state index in [1.54, 1.807) is 0 Å². The molecule has 152 valence electrons. The minimum Gasteiger partial charge on any atom is -1.00 e. The van der Waals surface area contributed by atoms with E-state index in [0.717, 1.165) is 36.7 Å². The number of hydrogen-bond donors (Lipinski definition) is 0. The van der Waals surface area contributed by atoms with E-state index in [2.05, 4.69) is 28.1 Å². The summed E-state index contributed by atoms with van der Waals surface area (Å²) in [5.74, 6) is 0.478. The Labute approximate surface area is 165 Å². The zero-order valence-electron chi connectivity index (χ0n) is 17.8. The normalized spacial score (nSPS) is 11.4. The lowest BCUT2D eigenvalue weighted by Crippen LogP contribution is -3.00. The summed E-state index contributed by atoms with van der Waals surface area (Å²) >= 11 is 0. The summed E-state index contributed by atoms with van der Waals surface area (Å²) in [5, 5.41) is 0. The quantitative estimate of drug-likeness (QED) is 0.264. The van der Waals surface area contributed by atoms with E-state index in [1.807, 2.05) is 0 Å². The highest BCUT2D eigenvalue weighted by Crippen LogP contribution is 2.13. The summed E-state index contributed by atoms with van der Waals surface area (Å²) in [6.07, 6.45) is 20.4. The van der Waals surface area contributed by atoms with Crippen LogP contribution in [0.2, 0.25) is 0 Å². The van der Waals surface area contributed by atoms with Crippen molar-refractivity contribution in [3.8, 4) is 0 Å². The molecule has 0 aliphatic carbocycles. The molecule has 0 spiro atoms. The fraction of sp³-hybridized carbons (Fsp3) is 0.955. The fourth-order valence-electron chi connectivity index (χ4n) is 3.22. The summed E-state index contributed by atoms with van der Waals surface area (Å²) < 4.78 is 0.964. The Morgan fingerprint density at radius 2 is 0.960 bits per heavy atom. The van der Waals surface area contributed by atoms with Crippen LogP contribution in [0.1, 0.15) is 110 Å². The van der Waals surface area contributed by atoms with Crippen molar-refractivity contribution >= 4 is 5.78 Å². The molecular formula is C22H46ClNO. The first-order valence-corrected chi connectivity index (χ1v) is 10.8. The van der Waals surface area contributed by atoms with Crippen LogP contribution in [-0.4, -0.2) is 38.0 Å². The number of carbonyl (C=O) groups excluding carboxylic acids is 1. The Morgan fingerprint density at radius 3 is 1.36 bits per heavy atom. The van der Waals surface area contributed by atoms with Gasteiger partial charge in [-0.2, -0.15) is 0 Å². The summed E-state index contributed by atoms with van der Waals surface area (Å²) in [5.41, 5.74) is 0. The summed E-state index contributed by atoms with van der Waals surface area (Å²) in [7, 11) is 6.57. The van der Waals surface area contributed by atoms with Gasteiger partial charge in [0.05, 0.1) is 27.7 Å². The maximum atomic E-state index is 11.8. The van der Waals surface area contributed by atoms with Gasteiger partial charge < -0.3 is 16.9 Å². The van der Waals surface area contributed by atoms with Gasteiger partial charge in [-0.05, 0) is 6.42 Å². The number of halogens is 1. The standard InChI is InChI=1S/C22H46NO.ClH/c1-5-6-7-8-9-10-11-12-13-14-15-16-17-19-22(24)20-18-21-23(2,3)4;/h5-21H2,1-4H3;1H/q+1;/p-1. The van der Waals surface area contributed by atoms with Crippen LogP contribution in [0.25, 0.3) is 0 Å². The number of carbonyl (C=O) groups is 1. The van der Waals surface area contributed by atoms with Crippen LogP contribution in [0.5, 0.6) is 0 Å². The van der Waals surface area contributed by atoms with E-state index in [0.29, 0.717) is 5.78 Å². The number of ketones is 1. The molecule has 0 aliphatic heterocycles. The summed E-state index contributed by atoms with van der Waals surface area (Å²) in [6, 6.07) is 0. The van der Waals surface area contributed by atoms with E-state index < -0.39 is 0 Å². The van der Waals surface area contributed by atoms with Crippen LogP contribution in [0.3, 0.4) is 0 Å². The Kier molecular flexibility index (Phi) is 20.3. The van der Waals surface area contributed by atoms with Gasteiger partial charge in [0.1, 0.15) is 5.78 Å². The molecule has 0 saturated heterocycles. The molecule has 0 rings (SSSR count). The fourth-order valence-corrected chi connectivity index (χ4v) is 3.22. The lowest BCUT2D eigenvalue weighted by atomic mass is 10.0. The third kappa shape index (κ3) is 23.9. The molecule has 2 nitrogen and oxygen atoms in total. The van der Waals surface area contributed by atoms with Crippen molar-refractivity contribution in [1.29, 1.82) is 0 Å². The van der Waals surface area contributed by atoms with Gasteiger partial charge in [-0.3, -0.25) is 4.79 Å². The highest BCUT2D eigenvalue weighted by molar-refractivity contribution is 5.78. The molecule has 0 aromatic carbocycles. The Morgan fingerprint density at radius 1 is 0.600 bits per heavy atom. The molecule has 0 heterocycles. The predicted octanol–water partition coefficient (Wildman–Crippen LogP) is 3.53. The third-order valence-electron chi connectivity index (χ3n) is 4.84. The average molecular weight is 376 g/mol. The highest BCUT2D eigenvalue weighted by atomic mass is 35.5.